The lowest BCUT2D eigenvalue weighted by molar-refractivity contribution is -0.149. The molecule has 3 nitrogen and oxygen atoms in total. The van der Waals surface area contributed by atoms with Crippen molar-refractivity contribution >= 4 is 5.97 Å². The zero-order chi connectivity index (χ0) is 12.6. The third kappa shape index (κ3) is 6.11. The summed E-state index contributed by atoms with van der Waals surface area (Å²) in [5.41, 5.74) is 0. The average molecular weight is 229 g/mol. The largest absolute Gasteiger partial charge is 0.465 e. The van der Waals surface area contributed by atoms with Crippen LogP contribution in [0.25, 0.3) is 0 Å². The lowest BCUT2D eigenvalue weighted by atomic mass is 10.1. The molecular formula is C13H27NO2. The van der Waals surface area contributed by atoms with Gasteiger partial charge in [0.25, 0.3) is 0 Å². The number of rotatable bonds is 8. The molecule has 16 heavy (non-hydrogen) atoms. The van der Waals surface area contributed by atoms with Gasteiger partial charge in [-0.05, 0) is 39.3 Å². The molecule has 0 aliphatic carbocycles. The van der Waals surface area contributed by atoms with E-state index in [1.807, 2.05) is 14.0 Å². The van der Waals surface area contributed by atoms with Crippen LogP contribution in [0.3, 0.4) is 0 Å². The molecule has 0 bridgehead atoms. The SMILES string of the molecule is CCCC(C(=O)OCC)N(C)CCC(C)C. The fourth-order valence-electron chi connectivity index (χ4n) is 1.65. The van der Waals surface area contributed by atoms with Gasteiger partial charge in [-0.2, -0.15) is 0 Å². The Hall–Kier alpha value is -0.570. The first-order valence-electron chi connectivity index (χ1n) is 6.39. The summed E-state index contributed by atoms with van der Waals surface area (Å²) >= 11 is 0. The molecule has 0 spiro atoms. The van der Waals surface area contributed by atoms with Crippen LogP contribution in [0.15, 0.2) is 0 Å². The standard InChI is InChI=1S/C13H27NO2/c1-6-8-12(13(15)16-7-2)14(5)10-9-11(3)4/h11-12H,6-10H2,1-5H3. The Labute approximate surface area is 100 Å². The first-order chi connectivity index (χ1) is 7.52. The number of carbonyl (C=O) groups is 1. The molecule has 0 aromatic carbocycles. The molecule has 0 aromatic rings. The highest BCUT2D eigenvalue weighted by molar-refractivity contribution is 5.75. The normalized spacial score (nSPS) is 13.2. The minimum Gasteiger partial charge on any atom is -0.465 e. The molecule has 0 aliphatic heterocycles. The van der Waals surface area contributed by atoms with Crippen molar-refractivity contribution in [1.82, 2.24) is 4.90 Å². The molecule has 0 N–H and O–H groups in total. The predicted molar refractivity (Wildman–Crippen MR) is 67.4 cm³/mol. The van der Waals surface area contributed by atoms with Crippen molar-refractivity contribution < 1.29 is 9.53 Å². The summed E-state index contributed by atoms with van der Waals surface area (Å²) in [7, 11) is 2.01. The van der Waals surface area contributed by atoms with Crippen LogP contribution in [0.4, 0.5) is 0 Å². The fraction of sp³-hybridized carbons (Fsp3) is 0.923. The highest BCUT2D eigenvalue weighted by Crippen LogP contribution is 2.10. The van der Waals surface area contributed by atoms with Crippen molar-refractivity contribution in [3.63, 3.8) is 0 Å². The minimum absolute atomic E-state index is 0.0660. The van der Waals surface area contributed by atoms with E-state index in [1.165, 1.54) is 0 Å². The summed E-state index contributed by atoms with van der Waals surface area (Å²) in [5, 5.41) is 0. The van der Waals surface area contributed by atoms with Gasteiger partial charge in [-0.3, -0.25) is 9.69 Å². The lowest BCUT2D eigenvalue weighted by Crippen LogP contribution is -2.40. The molecule has 0 amide bonds. The maximum absolute atomic E-state index is 11.8. The zero-order valence-electron chi connectivity index (χ0n) is 11.5. The van der Waals surface area contributed by atoms with Gasteiger partial charge in [-0.25, -0.2) is 0 Å². The molecule has 0 fully saturated rings. The molecule has 96 valence electrons. The summed E-state index contributed by atoms with van der Waals surface area (Å²) in [6, 6.07) is -0.0660. The van der Waals surface area contributed by atoms with Gasteiger partial charge in [-0.1, -0.05) is 27.2 Å². The van der Waals surface area contributed by atoms with Crippen molar-refractivity contribution in [1.29, 1.82) is 0 Å². The van der Waals surface area contributed by atoms with Crippen LogP contribution in [0.1, 0.15) is 47.0 Å². The molecular weight excluding hydrogens is 202 g/mol. The van der Waals surface area contributed by atoms with E-state index in [4.69, 9.17) is 4.74 Å². The minimum atomic E-state index is -0.0735. The maximum Gasteiger partial charge on any atom is 0.323 e. The van der Waals surface area contributed by atoms with E-state index in [0.717, 1.165) is 25.8 Å². The predicted octanol–water partition coefficient (Wildman–Crippen LogP) is 2.70. The second-order valence-corrected chi connectivity index (χ2v) is 4.72. The van der Waals surface area contributed by atoms with Crippen molar-refractivity contribution in [2.45, 2.75) is 53.0 Å². The van der Waals surface area contributed by atoms with Gasteiger partial charge < -0.3 is 4.74 Å². The Morgan fingerprint density at radius 3 is 2.31 bits per heavy atom. The van der Waals surface area contributed by atoms with Crippen LogP contribution in [0, 0.1) is 5.92 Å². The Morgan fingerprint density at radius 1 is 1.25 bits per heavy atom. The van der Waals surface area contributed by atoms with Gasteiger partial charge in [0.2, 0.25) is 0 Å². The third-order valence-electron chi connectivity index (χ3n) is 2.71. The van der Waals surface area contributed by atoms with Gasteiger partial charge in [-0.15, -0.1) is 0 Å². The van der Waals surface area contributed by atoms with E-state index in [0.29, 0.717) is 12.5 Å². The Kier molecular flexibility index (Phi) is 8.26. The second-order valence-electron chi connectivity index (χ2n) is 4.72. The van der Waals surface area contributed by atoms with Crippen molar-refractivity contribution in [2.24, 2.45) is 5.92 Å². The number of hydrogen-bond donors (Lipinski definition) is 0. The Bertz CT molecular complexity index is 192. The highest BCUT2D eigenvalue weighted by atomic mass is 16.5. The van der Waals surface area contributed by atoms with Crippen LogP contribution in [-0.2, 0) is 9.53 Å². The summed E-state index contributed by atoms with van der Waals surface area (Å²) in [5.74, 6) is 0.600. The number of carbonyl (C=O) groups excluding carboxylic acids is 1. The van der Waals surface area contributed by atoms with Crippen LogP contribution in [0.5, 0.6) is 0 Å². The zero-order valence-corrected chi connectivity index (χ0v) is 11.5. The van der Waals surface area contributed by atoms with E-state index in [9.17, 15) is 4.79 Å². The number of hydrogen-bond acceptors (Lipinski definition) is 3. The summed E-state index contributed by atoms with van der Waals surface area (Å²) < 4.78 is 5.10. The van der Waals surface area contributed by atoms with E-state index in [2.05, 4.69) is 25.7 Å². The van der Waals surface area contributed by atoms with Crippen LogP contribution >= 0.6 is 0 Å². The van der Waals surface area contributed by atoms with E-state index < -0.39 is 0 Å². The molecule has 0 heterocycles. The van der Waals surface area contributed by atoms with Crippen molar-refractivity contribution in [3.8, 4) is 0 Å². The molecule has 0 saturated carbocycles. The number of esters is 1. The Balaban J connectivity index is 4.22. The lowest BCUT2D eigenvalue weighted by Gasteiger charge is -2.26. The fourth-order valence-corrected chi connectivity index (χ4v) is 1.65. The summed E-state index contributed by atoms with van der Waals surface area (Å²) in [6.07, 6.45) is 3.01. The van der Waals surface area contributed by atoms with Crippen molar-refractivity contribution in [2.75, 3.05) is 20.2 Å². The van der Waals surface area contributed by atoms with E-state index in [1.54, 1.807) is 0 Å². The first-order valence-corrected chi connectivity index (χ1v) is 6.39. The summed E-state index contributed by atoms with van der Waals surface area (Å²) in [6.45, 7) is 9.79. The van der Waals surface area contributed by atoms with Crippen LogP contribution in [-0.4, -0.2) is 37.1 Å². The second kappa shape index (κ2) is 8.57. The van der Waals surface area contributed by atoms with Gasteiger partial charge >= 0.3 is 5.97 Å². The molecule has 1 atom stereocenters. The number of likely N-dealkylation sites (N-methyl/N-ethyl adjacent to an activating group) is 1. The van der Waals surface area contributed by atoms with Gasteiger partial charge in [0.05, 0.1) is 6.61 Å². The monoisotopic (exact) mass is 229 g/mol. The quantitative estimate of drug-likeness (QED) is 0.599. The molecule has 1 unspecified atom stereocenters. The topological polar surface area (TPSA) is 29.5 Å². The van der Waals surface area contributed by atoms with Gasteiger partial charge in [0, 0.05) is 0 Å². The summed E-state index contributed by atoms with van der Waals surface area (Å²) in [4.78, 5) is 13.9. The third-order valence-corrected chi connectivity index (χ3v) is 2.71. The molecule has 0 rings (SSSR count). The molecule has 0 aromatic heterocycles. The number of nitrogens with zero attached hydrogens (tertiary/aromatic N) is 1. The van der Waals surface area contributed by atoms with E-state index >= 15 is 0 Å². The van der Waals surface area contributed by atoms with Crippen LogP contribution < -0.4 is 0 Å². The van der Waals surface area contributed by atoms with E-state index in [-0.39, 0.29) is 12.0 Å². The maximum atomic E-state index is 11.8. The highest BCUT2D eigenvalue weighted by Gasteiger charge is 2.23. The Morgan fingerprint density at radius 2 is 1.88 bits per heavy atom. The molecule has 0 radical (unpaired) electrons. The molecule has 0 aliphatic rings. The van der Waals surface area contributed by atoms with Crippen molar-refractivity contribution in [3.05, 3.63) is 0 Å². The average Bonchev–Trinajstić information content (AvgIpc) is 2.22. The first kappa shape index (κ1) is 15.4. The van der Waals surface area contributed by atoms with Gasteiger partial charge in [0.15, 0.2) is 0 Å². The molecule has 3 heteroatoms. The van der Waals surface area contributed by atoms with Gasteiger partial charge in [0.1, 0.15) is 6.04 Å². The molecule has 0 saturated heterocycles. The van der Waals surface area contributed by atoms with Crippen LogP contribution in [0.2, 0.25) is 0 Å². The number of ether oxygens (including phenoxy) is 1. The smallest absolute Gasteiger partial charge is 0.323 e.